The normalized spacial score (nSPS) is 11.1. The number of rotatable bonds is 0. The van der Waals surface area contributed by atoms with Gasteiger partial charge in [0, 0.05) is 12.7 Å². The van der Waals surface area contributed by atoms with E-state index in [0.717, 1.165) is 16.0 Å². The molecule has 0 aliphatic heterocycles. The van der Waals surface area contributed by atoms with E-state index in [1.807, 2.05) is 20.8 Å². The summed E-state index contributed by atoms with van der Waals surface area (Å²) in [6.07, 6.45) is 0. The van der Waals surface area contributed by atoms with Crippen LogP contribution in [0.3, 0.4) is 0 Å². The van der Waals surface area contributed by atoms with Crippen molar-refractivity contribution in [2.75, 3.05) is 0 Å². The molecule has 0 bridgehead atoms. The Hall–Kier alpha value is -1.16. The maximum Gasteiger partial charge on any atom is 0.309 e. The van der Waals surface area contributed by atoms with Gasteiger partial charge in [-0.3, -0.25) is 9.36 Å². The predicted molar refractivity (Wildman–Crippen MR) is 59.1 cm³/mol. The highest BCUT2D eigenvalue weighted by Crippen LogP contribution is 2.23. The van der Waals surface area contributed by atoms with Crippen molar-refractivity contribution in [3.8, 4) is 0 Å². The lowest BCUT2D eigenvalue weighted by molar-refractivity contribution is 0.912. The minimum absolute atomic E-state index is 0.0561. The van der Waals surface area contributed by atoms with E-state index in [1.54, 1.807) is 11.6 Å². The van der Waals surface area contributed by atoms with Gasteiger partial charge in [0.2, 0.25) is 0 Å². The van der Waals surface area contributed by atoms with Gasteiger partial charge in [-0.25, -0.2) is 4.98 Å². The second-order valence-corrected chi connectivity index (χ2v) is 4.49. The first-order chi connectivity index (χ1) is 6.52. The maximum absolute atomic E-state index is 11.5. The summed E-state index contributed by atoms with van der Waals surface area (Å²) in [5.41, 5.74) is 4.17. The van der Waals surface area contributed by atoms with Crippen molar-refractivity contribution in [1.29, 1.82) is 0 Å². The lowest BCUT2D eigenvalue weighted by Crippen LogP contribution is -2.07. The standard InChI is InChI=1S/C10H12N2OS/c1-5-6(2)8-9(11-7(5)3)12(4)10(13)14-8/h1-4H3. The second kappa shape index (κ2) is 2.92. The first-order valence-electron chi connectivity index (χ1n) is 4.45. The molecule has 0 spiro atoms. The number of pyridine rings is 1. The molecule has 0 atom stereocenters. The summed E-state index contributed by atoms with van der Waals surface area (Å²) in [5.74, 6) is 0. The van der Waals surface area contributed by atoms with Crippen molar-refractivity contribution in [2.45, 2.75) is 20.8 Å². The van der Waals surface area contributed by atoms with Crippen LogP contribution in [0.25, 0.3) is 10.3 Å². The van der Waals surface area contributed by atoms with Gasteiger partial charge in [-0.2, -0.15) is 0 Å². The lowest BCUT2D eigenvalue weighted by atomic mass is 10.1. The Balaban J connectivity index is 3.05. The van der Waals surface area contributed by atoms with Gasteiger partial charge in [0.15, 0.2) is 5.65 Å². The SMILES string of the molecule is Cc1nc2c(sc(=O)n2C)c(C)c1C. The Morgan fingerprint density at radius 3 is 2.50 bits per heavy atom. The van der Waals surface area contributed by atoms with Gasteiger partial charge in [0.1, 0.15) is 0 Å². The molecule has 0 saturated carbocycles. The van der Waals surface area contributed by atoms with Crippen LogP contribution >= 0.6 is 11.3 Å². The molecule has 0 amide bonds. The molecule has 14 heavy (non-hydrogen) atoms. The molecule has 0 radical (unpaired) electrons. The number of hydrogen-bond acceptors (Lipinski definition) is 3. The van der Waals surface area contributed by atoms with E-state index in [1.165, 1.54) is 22.5 Å². The maximum atomic E-state index is 11.5. The molecule has 0 unspecified atom stereocenters. The Morgan fingerprint density at radius 1 is 1.21 bits per heavy atom. The van der Waals surface area contributed by atoms with Crippen LogP contribution in [-0.4, -0.2) is 9.55 Å². The molecule has 3 nitrogen and oxygen atoms in total. The summed E-state index contributed by atoms with van der Waals surface area (Å²) in [6, 6.07) is 0. The van der Waals surface area contributed by atoms with Crippen LogP contribution in [0.5, 0.6) is 0 Å². The zero-order valence-electron chi connectivity index (χ0n) is 8.71. The molecule has 4 heteroatoms. The fourth-order valence-electron chi connectivity index (χ4n) is 1.49. The van der Waals surface area contributed by atoms with Crippen LogP contribution in [0.4, 0.5) is 0 Å². The second-order valence-electron chi connectivity index (χ2n) is 3.53. The number of thiazole rings is 1. The molecule has 2 aromatic rings. The van der Waals surface area contributed by atoms with Crippen LogP contribution in [-0.2, 0) is 7.05 Å². The van der Waals surface area contributed by atoms with Crippen molar-refractivity contribution >= 4 is 21.7 Å². The molecule has 2 rings (SSSR count). The molecule has 2 heterocycles. The molecule has 2 aromatic heterocycles. The molecule has 0 aliphatic carbocycles. The number of aryl methyl sites for hydroxylation is 3. The van der Waals surface area contributed by atoms with E-state index in [0.29, 0.717) is 0 Å². The quantitative estimate of drug-likeness (QED) is 0.663. The van der Waals surface area contributed by atoms with Crippen LogP contribution < -0.4 is 4.87 Å². The molecular weight excluding hydrogens is 196 g/mol. The van der Waals surface area contributed by atoms with Crippen molar-refractivity contribution in [3.63, 3.8) is 0 Å². The molecule has 0 aromatic carbocycles. The third kappa shape index (κ3) is 1.10. The van der Waals surface area contributed by atoms with Gasteiger partial charge in [-0.15, -0.1) is 0 Å². The zero-order valence-corrected chi connectivity index (χ0v) is 9.53. The van der Waals surface area contributed by atoms with Crippen LogP contribution in [0.2, 0.25) is 0 Å². The van der Waals surface area contributed by atoms with Crippen molar-refractivity contribution in [2.24, 2.45) is 7.05 Å². The summed E-state index contributed by atoms with van der Waals surface area (Å²) in [7, 11) is 1.77. The Kier molecular flexibility index (Phi) is 1.96. The third-order valence-corrected chi connectivity index (χ3v) is 3.84. The Bertz CT molecular complexity index is 565. The number of aromatic nitrogens is 2. The highest BCUT2D eigenvalue weighted by atomic mass is 32.1. The third-order valence-electron chi connectivity index (χ3n) is 2.70. The zero-order chi connectivity index (χ0) is 10.5. The topological polar surface area (TPSA) is 34.9 Å². The first-order valence-corrected chi connectivity index (χ1v) is 5.27. The van der Waals surface area contributed by atoms with E-state index in [2.05, 4.69) is 4.98 Å². The van der Waals surface area contributed by atoms with Gasteiger partial charge < -0.3 is 0 Å². The van der Waals surface area contributed by atoms with Crippen molar-refractivity contribution in [3.05, 3.63) is 26.5 Å². The Labute approximate surface area is 86.0 Å². The van der Waals surface area contributed by atoms with Gasteiger partial charge in [0.05, 0.1) is 4.70 Å². The average Bonchev–Trinajstić information content (AvgIpc) is 2.42. The van der Waals surface area contributed by atoms with E-state index in [4.69, 9.17) is 0 Å². The van der Waals surface area contributed by atoms with Gasteiger partial charge in [0.25, 0.3) is 0 Å². The summed E-state index contributed by atoms with van der Waals surface area (Å²) in [4.78, 5) is 15.9. The van der Waals surface area contributed by atoms with E-state index in [9.17, 15) is 4.79 Å². The van der Waals surface area contributed by atoms with Crippen molar-refractivity contribution < 1.29 is 0 Å². The highest BCUT2D eigenvalue weighted by molar-refractivity contribution is 7.16. The first kappa shape index (κ1) is 9.40. The average molecular weight is 208 g/mol. The summed E-state index contributed by atoms with van der Waals surface area (Å²) in [6.45, 7) is 6.06. The smallest absolute Gasteiger partial charge is 0.286 e. The fourth-order valence-corrected chi connectivity index (χ4v) is 2.47. The van der Waals surface area contributed by atoms with E-state index in [-0.39, 0.29) is 4.87 Å². The summed E-state index contributed by atoms with van der Waals surface area (Å²) in [5, 5.41) is 0. The van der Waals surface area contributed by atoms with Crippen LogP contribution in [0, 0.1) is 20.8 Å². The Morgan fingerprint density at radius 2 is 1.86 bits per heavy atom. The van der Waals surface area contributed by atoms with E-state index < -0.39 is 0 Å². The lowest BCUT2D eigenvalue weighted by Gasteiger charge is -2.04. The number of fused-ring (bicyclic) bond motifs is 1. The molecular formula is C10H12N2OS. The minimum Gasteiger partial charge on any atom is -0.286 e. The van der Waals surface area contributed by atoms with Crippen LogP contribution in [0.15, 0.2) is 4.79 Å². The molecule has 0 aliphatic rings. The largest absolute Gasteiger partial charge is 0.309 e. The molecule has 74 valence electrons. The monoisotopic (exact) mass is 208 g/mol. The van der Waals surface area contributed by atoms with Gasteiger partial charge >= 0.3 is 4.87 Å². The molecule has 0 N–H and O–H groups in total. The molecule has 0 fully saturated rings. The fraction of sp³-hybridized carbons (Fsp3) is 0.400. The number of hydrogen-bond donors (Lipinski definition) is 0. The van der Waals surface area contributed by atoms with Gasteiger partial charge in [-0.1, -0.05) is 11.3 Å². The molecule has 0 saturated heterocycles. The van der Waals surface area contributed by atoms with E-state index >= 15 is 0 Å². The van der Waals surface area contributed by atoms with Gasteiger partial charge in [-0.05, 0) is 31.9 Å². The highest BCUT2D eigenvalue weighted by Gasteiger charge is 2.11. The summed E-state index contributed by atoms with van der Waals surface area (Å²) >= 11 is 1.27. The summed E-state index contributed by atoms with van der Waals surface area (Å²) < 4.78 is 2.62. The van der Waals surface area contributed by atoms with Crippen molar-refractivity contribution in [1.82, 2.24) is 9.55 Å². The van der Waals surface area contributed by atoms with Crippen LogP contribution in [0.1, 0.15) is 16.8 Å². The predicted octanol–water partition coefficient (Wildman–Crippen LogP) is 1.92. The number of nitrogens with zero attached hydrogens (tertiary/aromatic N) is 2. The minimum atomic E-state index is 0.0561.